The van der Waals surface area contributed by atoms with Gasteiger partial charge in [-0.05, 0) is 31.2 Å². The molecule has 1 saturated heterocycles. The summed E-state index contributed by atoms with van der Waals surface area (Å²) in [5, 5.41) is 15.1. The molecule has 0 amide bonds. The Morgan fingerprint density at radius 3 is 3.04 bits per heavy atom. The molecule has 1 aliphatic heterocycles. The van der Waals surface area contributed by atoms with Gasteiger partial charge in [0.2, 0.25) is 0 Å². The molecule has 0 saturated carbocycles. The van der Waals surface area contributed by atoms with Crippen molar-refractivity contribution in [2.24, 2.45) is 0 Å². The molecule has 8 heteroatoms. The van der Waals surface area contributed by atoms with Gasteiger partial charge in [-0.15, -0.1) is 32.9 Å². The van der Waals surface area contributed by atoms with Crippen LogP contribution in [0, 0.1) is 6.92 Å². The predicted molar refractivity (Wildman–Crippen MR) is 98.7 cm³/mol. The Kier molecular flexibility index (Phi) is 4.98. The van der Waals surface area contributed by atoms with Crippen molar-refractivity contribution in [3.05, 3.63) is 33.6 Å². The van der Waals surface area contributed by atoms with Gasteiger partial charge in [0.1, 0.15) is 0 Å². The molecule has 0 bridgehead atoms. The average molecular weight is 379 g/mol. The highest BCUT2D eigenvalue weighted by Gasteiger charge is 2.22. The number of ether oxygens (including phenoxy) is 1. The maximum absolute atomic E-state index is 5.83. The van der Waals surface area contributed by atoms with Gasteiger partial charge < -0.3 is 4.74 Å². The van der Waals surface area contributed by atoms with Crippen molar-refractivity contribution in [2.45, 2.75) is 43.3 Å². The van der Waals surface area contributed by atoms with Crippen LogP contribution in [-0.4, -0.2) is 32.5 Å². The van der Waals surface area contributed by atoms with Crippen LogP contribution in [0.25, 0.3) is 10.7 Å². The Morgan fingerprint density at radius 2 is 2.33 bits per heavy atom. The summed E-state index contributed by atoms with van der Waals surface area (Å²) in [4.78, 5) is 5.68. The molecule has 1 atom stereocenters. The predicted octanol–water partition coefficient (Wildman–Crippen LogP) is 4.24. The first-order valence-corrected chi connectivity index (χ1v) is 10.7. The number of aromatic nitrogens is 4. The maximum Gasteiger partial charge on any atom is 0.191 e. The number of aryl methyl sites for hydroxylation is 1. The fourth-order valence-corrected chi connectivity index (χ4v) is 5.03. The van der Waals surface area contributed by atoms with Gasteiger partial charge in [-0.2, -0.15) is 0 Å². The van der Waals surface area contributed by atoms with E-state index in [0.29, 0.717) is 0 Å². The van der Waals surface area contributed by atoms with E-state index in [-0.39, 0.29) is 6.10 Å². The highest BCUT2D eigenvalue weighted by molar-refractivity contribution is 7.98. The number of thiophene rings is 1. The van der Waals surface area contributed by atoms with Crippen LogP contribution in [0.2, 0.25) is 0 Å². The summed E-state index contributed by atoms with van der Waals surface area (Å²) in [5.74, 6) is 1.76. The molecule has 0 N–H and O–H groups in total. The number of thioether (sulfide) groups is 1. The molecule has 0 spiro atoms. The number of nitrogens with zero attached hydrogens (tertiary/aromatic N) is 4. The SMILES string of the molecule is Cc1nc(CSc2nnc(-c3cccs3)n2CC2CCCO2)cs1. The molecule has 0 aromatic carbocycles. The summed E-state index contributed by atoms with van der Waals surface area (Å²) >= 11 is 5.08. The molecule has 3 aromatic rings. The highest BCUT2D eigenvalue weighted by Crippen LogP contribution is 2.30. The molecule has 1 unspecified atom stereocenters. The number of rotatable bonds is 6. The van der Waals surface area contributed by atoms with E-state index in [9.17, 15) is 0 Å². The van der Waals surface area contributed by atoms with E-state index in [2.05, 4.69) is 42.6 Å². The zero-order valence-electron chi connectivity index (χ0n) is 13.3. The monoisotopic (exact) mass is 378 g/mol. The topological polar surface area (TPSA) is 52.8 Å². The number of thiazole rings is 1. The smallest absolute Gasteiger partial charge is 0.191 e. The minimum atomic E-state index is 0.264. The molecular formula is C16H18N4OS3. The van der Waals surface area contributed by atoms with Crippen LogP contribution in [-0.2, 0) is 17.0 Å². The van der Waals surface area contributed by atoms with E-state index in [0.717, 1.165) is 58.3 Å². The number of hydrogen-bond acceptors (Lipinski definition) is 7. The quantitative estimate of drug-likeness (QED) is 0.601. The van der Waals surface area contributed by atoms with Gasteiger partial charge in [-0.25, -0.2) is 4.98 Å². The molecular weight excluding hydrogens is 360 g/mol. The Morgan fingerprint density at radius 1 is 1.38 bits per heavy atom. The second-order valence-corrected chi connectivity index (χ2v) is 8.63. The molecule has 24 heavy (non-hydrogen) atoms. The van der Waals surface area contributed by atoms with Crippen LogP contribution in [0.1, 0.15) is 23.5 Å². The normalized spacial score (nSPS) is 17.6. The fourth-order valence-electron chi connectivity index (χ4n) is 2.75. The van der Waals surface area contributed by atoms with Crippen LogP contribution in [0.4, 0.5) is 0 Å². The Hall–Kier alpha value is -1.22. The third kappa shape index (κ3) is 3.56. The van der Waals surface area contributed by atoms with Gasteiger partial charge >= 0.3 is 0 Å². The summed E-state index contributed by atoms with van der Waals surface area (Å²) in [7, 11) is 0. The summed E-state index contributed by atoms with van der Waals surface area (Å²) in [6, 6.07) is 4.15. The van der Waals surface area contributed by atoms with Crippen molar-refractivity contribution in [3.8, 4) is 10.7 Å². The number of hydrogen-bond donors (Lipinski definition) is 0. The summed E-state index contributed by atoms with van der Waals surface area (Å²) < 4.78 is 8.04. The Bertz CT molecular complexity index is 790. The zero-order chi connectivity index (χ0) is 16.4. The van der Waals surface area contributed by atoms with Crippen LogP contribution in [0.3, 0.4) is 0 Å². The van der Waals surface area contributed by atoms with Crippen molar-refractivity contribution < 1.29 is 4.74 Å². The molecule has 126 valence electrons. The molecule has 1 fully saturated rings. The lowest BCUT2D eigenvalue weighted by Gasteiger charge is -2.14. The van der Waals surface area contributed by atoms with E-state index in [1.54, 1.807) is 34.4 Å². The lowest BCUT2D eigenvalue weighted by atomic mass is 10.2. The van der Waals surface area contributed by atoms with E-state index >= 15 is 0 Å². The largest absolute Gasteiger partial charge is 0.376 e. The van der Waals surface area contributed by atoms with Crippen molar-refractivity contribution in [3.63, 3.8) is 0 Å². The van der Waals surface area contributed by atoms with E-state index < -0.39 is 0 Å². The van der Waals surface area contributed by atoms with Gasteiger partial charge in [0.05, 0.1) is 28.2 Å². The Labute approximate surface area is 153 Å². The lowest BCUT2D eigenvalue weighted by Crippen LogP contribution is -2.16. The minimum absolute atomic E-state index is 0.264. The first-order chi connectivity index (χ1) is 11.8. The van der Waals surface area contributed by atoms with Gasteiger partial charge in [0, 0.05) is 17.7 Å². The molecule has 0 aliphatic carbocycles. The van der Waals surface area contributed by atoms with Gasteiger partial charge in [0.15, 0.2) is 11.0 Å². The first kappa shape index (κ1) is 16.3. The first-order valence-electron chi connectivity index (χ1n) is 7.92. The van der Waals surface area contributed by atoms with E-state index in [1.165, 1.54) is 0 Å². The molecule has 3 aromatic heterocycles. The zero-order valence-corrected chi connectivity index (χ0v) is 15.8. The van der Waals surface area contributed by atoms with E-state index in [1.807, 2.05) is 6.92 Å². The highest BCUT2D eigenvalue weighted by atomic mass is 32.2. The van der Waals surface area contributed by atoms with Crippen molar-refractivity contribution in [1.82, 2.24) is 19.7 Å². The Balaban J connectivity index is 1.57. The molecule has 1 aliphatic rings. The molecule has 5 nitrogen and oxygen atoms in total. The van der Waals surface area contributed by atoms with Gasteiger partial charge in [-0.1, -0.05) is 17.8 Å². The van der Waals surface area contributed by atoms with Gasteiger partial charge in [0.25, 0.3) is 0 Å². The summed E-state index contributed by atoms with van der Waals surface area (Å²) in [6.07, 6.45) is 2.51. The molecule has 0 radical (unpaired) electrons. The minimum Gasteiger partial charge on any atom is -0.376 e. The average Bonchev–Trinajstić information content (AvgIpc) is 3.34. The van der Waals surface area contributed by atoms with Crippen LogP contribution < -0.4 is 0 Å². The van der Waals surface area contributed by atoms with E-state index in [4.69, 9.17) is 4.74 Å². The third-order valence-electron chi connectivity index (χ3n) is 3.88. The molecule has 4 heterocycles. The van der Waals surface area contributed by atoms with Crippen LogP contribution in [0.15, 0.2) is 28.0 Å². The molecule has 4 rings (SSSR count). The van der Waals surface area contributed by atoms with Crippen molar-refractivity contribution >= 4 is 34.4 Å². The third-order valence-corrected chi connectivity index (χ3v) is 6.57. The van der Waals surface area contributed by atoms with Crippen molar-refractivity contribution in [1.29, 1.82) is 0 Å². The van der Waals surface area contributed by atoms with Crippen LogP contribution in [0.5, 0.6) is 0 Å². The summed E-state index contributed by atoms with van der Waals surface area (Å²) in [6.45, 7) is 3.72. The van der Waals surface area contributed by atoms with Crippen LogP contribution >= 0.6 is 34.4 Å². The standard InChI is InChI=1S/C16H18N4OS3/c1-11-17-12(9-23-11)10-24-16-19-18-15(14-5-3-7-22-14)20(16)8-13-4-2-6-21-13/h3,5,7,9,13H,2,4,6,8,10H2,1H3. The van der Waals surface area contributed by atoms with Gasteiger partial charge in [-0.3, -0.25) is 4.57 Å². The lowest BCUT2D eigenvalue weighted by molar-refractivity contribution is 0.0953. The van der Waals surface area contributed by atoms with Crippen molar-refractivity contribution in [2.75, 3.05) is 6.61 Å². The second-order valence-electron chi connectivity index (χ2n) is 5.68. The summed E-state index contributed by atoms with van der Waals surface area (Å²) in [5.41, 5.74) is 1.10. The second kappa shape index (κ2) is 7.35. The maximum atomic E-state index is 5.83. The fraction of sp³-hybridized carbons (Fsp3) is 0.438.